The van der Waals surface area contributed by atoms with Gasteiger partial charge < -0.3 is 9.84 Å². The normalized spacial score (nSPS) is 14.8. The van der Waals surface area contributed by atoms with Crippen molar-refractivity contribution in [3.05, 3.63) is 61.5 Å². The molecule has 2 aromatic carbocycles. The number of ether oxygens (including phenoxy) is 1. The Morgan fingerprint density at radius 2 is 1.95 bits per heavy atom. The Kier molecular flexibility index (Phi) is 3.95. The highest BCUT2D eigenvalue weighted by Crippen LogP contribution is 2.39. The van der Waals surface area contributed by atoms with Crippen LogP contribution >= 0.6 is 39.1 Å². The zero-order valence-corrected chi connectivity index (χ0v) is 13.5. The smallest absolute Gasteiger partial charge is 0.128 e. The Balaban J connectivity index is 2.06. The lowest BCUT2D eigenvalue weighted by Crippen LogP contribution is -2.02. The molecule has 5 heteroatoms. The first-order valence-corrected chi connectivity index (χ1v) is 7.69. The summed E-state index contributed by atoms with van der Waals surface area (Å²) in [7, 11) is 0. The van der Waals surface area contributed by atoms with E-state index in [2.05, 4.69) is 15.9 Å². The van der Waals surface area contributed by atoms with E-state index in [-0.39, 0.29) is 0 Å². The van der Waals surface area contributed by atoms with Crippen LogP contribution in [0.15, 0.2) is 34.8 Å². The van der Waals surface area contributed by atoms with E-state index in [1.54, 1.807) is 18.2 Å². The molecule has 1 N–H and O–H groups in total. The third kappa shape index (κ3) is 2.56. The monoisotopic (exact) mass is 372 g/mol. The van der Waals surface area contributed by atoms with Crippen molar-refractivity contribution in [3.63, 3.8) is 0 Å². The Morgan fingerprint density at radius 1 is 1.15 bits per heavy atom. The van der Waals surface area contributed by atoms with Gasteiger partial charge in [0.2, 0.25) is 0 Å². The van der Waals surface area contributed by atoms with Crippen molar-refractivity contribution in [3.8, 4) is 5.75 Å². The van der Waals surface area contributed by atoms with Crippen LogP contribution in [0.25, 0.3) is 0 Å². The molecule has 0 saturated carbocycles. The Hall–Kier alpha value is -0.740. The summed E-state index contributed by atoms with van der Waals surface area (Å²) < 4.78 is 6.57. The maximum absolute atomic E-state index is 10.6. The van der Waals surface area contributed by atoms with E-state index < -0.39 is 6.10 Å². The molecule has 0 aliphatic carbocycles. The first-order valence-electron chi connectivity index (χ1n) is 6.14. The number of fused-ring (bicyclic) bond motifs is 1. The van der Waals surface area contributed by atoms with Crippen molar-refractivity contribution in [1.29, 1.82) is 0 Å². The highest BCUT2D eigenvalue weighted by Gasteiger charge is 2.23. The third-order valence-corrected chi connectivity index (χ3v) is 4.53. The van der Waals surface area contributed by atoms with E-state index >= 15 is 0 Å². The highest BCUT2D eigenvalue weighted by atomic mass is 79.9. The number of hydrogen-bond donors (Lipinski definition) is 1. The molecule has 0 saturated heterocycles. The summed E-state index contributed by atoms with van der Waals surface area (Å²) in [4.78, 5) is 0. The quantitative estimate of drug-likeness (QED) is 0.821. The second kappa shape index (κ2) is 5.57. The van der Waals surface area contributed by atoms with Gasteiger partial charge in [-0.1, -0.05) is 45.2 Å². The van der Waals surface area contributed by atoms with Gasteiger partial charge in [-0.05, 0) is 35.4 Å². The topological polar surface area (TPSA) is 29.5 Å². The Labute approximate surface area is 135 Å². The maximum Gasteiger partial charge on any atom is 0.128 e. The Bertz CT molecular complexity index is 673. The number of benzene rings is 2. The van der Waals surface area contributed by atoms with Crippen LogP contribution in [0.1, 0.15) is 22.8 Å². The van der Waals surface area contributed by atoms with Gasteiger partial charge in [0.05, 0.1) is 16.7 Å². The third-order valence-electron chi connectivity index (χ3n) is 3.33. The fourth-order valence-electron chi connectivity index (χ4n) is 2.36. The summed E-state index contributed by atoms with van der Waals surface area (Å²) in [5, 5.41) is 11.5. The van der Waals surface area contributed by atoms with Crippen molar-refractivity contribution in [1.82, 2.24) is 0 Å². The summed E-state index contributed by atoms with van der Waals surface area (Å²) in [6.07, 6.45) is 0.0599. The van der Waals surface area contributed by atoms with Crippen LogP contribution < -0.4 is 4.74 Å². The summed E-state index contributed by atoms with van der Waals surface area (Å²) >= 11 is 15.4. The fourth-order valence-corrected chi connectivity index (χ4v) is 3.19. The lowest BCUT2D eigenvalue weighted by molar-refractivity contribution is 0.213. The zero-order valence-electron chi connectivity index (χ0n) is 10.4. The average molecular weight is 374 g/mol. The van der Waals surface area contributed by atoms with Gasteiger partial charge >= 0.3 is 0 Å². The van der Waals surface area contributed by atoms with Crippen molar-refractivity contribution >= 4 is 39.1 Å². The van der Waals surface area contributed by atoms with Crippen LogP contribution in [-0.2, 0) is 6.42 Å². The van der Waals surface area contributed by atoms with Crippen LogP contribution in [0.2, 0.25) is 10.0 Å². The molecule has 0 radical (unpaired) electrons. The molecule has 0 fully saturated rings. The summed E-state index contributed by atoms with van der Waals surface area (Å²) in [5.74, 6) is 0.770. The van der Waals surface area contributed by atoms with E-state index in [9.17, 15) is 5.11 Å². The van der Waals surface area contributed by atoms with Gasteiger partial charge in [0.1, 0.15) is 11.9 Å². The second-order valence-corrected chi connectivity index (χ2v) is 6.39. The lowest BCUT2D eigenvalue weighted by atomic mass is 9.98. The van der Waals surface area contributed by atoms with Crippen molar-refractivity contribution in [2.45, 2.75) is 12.5 Å². The minimum Gasteiger partial charge on any atom is -0.493 e. The summed E-state index contributed by atoms with van der Waals surface area (Å²) in [5.41, 5.74) is 2.54. The molecule has 20 heavy (non-hydrogen) atoms. The van der Waals surface area contributed by atoms with Gasteiger partial charge in [-0.15, -0.1) is 0 Å². The van der Waals surface area contributed by atoms with Crippen LogP contribution in [-0.4, -0.2) is 11.7 Å². The molecule has 1 aliphatic rings. The first kappa shape index (κ1) is 14.2. The molecule has 1 aliphatic heterocycles. The predicted molar refractivity (Wildman–Crippen MR) is 83.9 cm³/mol. The number of aliphatic hydroxyl groups is 1. The van der Waals surface area contributed by atoms with Gasteiger partial charge in [0.15, 0.2) is 0 Å². The first-order chi connectivity index (χ1) is 9.56. The van der Waals surface area contributed by atoms with Gasteiger partial charge in [0.25, 0.3) is 0 Å². The van der Waals surface area contributed by atoms with E-state index in [0.29, 0.717) is 22.2 Å². The molecule has 0 bridgehead atoms. The highest BCUT2D eigenvalue weighted by molar-refractivity contribution is 9.10. The summed E-state index contributed by atoms with van der Waals surface area (Å²) in [6, 6.07) is 9.02. The molecule has 3 rings (SSSR count). The maximum atomic E-state index is 10.6. The average Bonchev–Trinajstić information content (AvgIpc) is 2.88. The zero-order chi connectivity index (χ0) is 14.3. The Morgan fingerprint density at radius 3 is 2.70 bits per heavy atom. The fraction of sp³-hybridized carbons (Fsp3) is 0.200. The molecule has 1 unspecified atom stereocenters. The molecule has 0 amide bonds. The molecule has 1 heterocycles. The number of halogens is 3. The van der Waals surface area contributed by atoms with Gasteiger partial charge in [-0.25, -0.2) is 0 Å². The van der Waals surface area contributed by atoms with Gasteiger partial charge in [0, 0.05) is 16.5 Å². The van der Waals surface area contributed by atoms with Crippen LogP contribution in [0, 0.1) is 0 Å². The van der Waals surface area contributed by atoms with Crippen molar-refractivity contribution < 1.29 is 9.84 Å². The molecule has 0 aromatic heterocycles. The minimum atomic E-state index is -0.797. The standard InChI is InChI=1S/C15H11BrCl2O2/c16-10-5-9-3-4-20-15(9)11(7-10)14(19)8-1-2-12(17)13(18)6-8/h1-2,5-7,14,19H,3-4H2. The molecule has 2 nitrogen and oxygen atoms in total. The van der Waals surface area contributed by atoms with Crippen LogP contribution in [0.5, 0.6) is 5.75 Å². The predicted octanol–water partition coefficient (Wildman–Crippen LogP) is 4.77. The molecule has 104 valence electrons. The largest absolute Gasteiger partial charge is 0.493 e. The number of rotatable bonds is 2. The second-order valence-electron chi connectivity index (χ2n) is 4.66. The van der Waals surface area contributed by atoms with E-state index in [1.807, 2.05) is 12.1 Å². The lowest BCUT2D eigenvalue weighted by Gasteiger charge is -2.16. The van der Waals surface area contributed by atoms with Crippen LogP contribution in [0.3, 0.4) is 0 Å². The van der Waals surface area contributed by atoms with Gasteiger partial charge in [-0.2, -0.15) is 0 Å². The minimum absolute atomic E-state index is 0.427. The molecular weight excluding hydrogens is 363 g/mol. The molecular formula is C15H11BrCl2O2. The molecule has 1 atom stereocenters. The van der Waals surface area contributed by atoms with E-state index in [1.165, 1.54) is 0 Å². The van der Waals surface area contributed by atoms with E-state index in [0.717, 1.165) is 27.8 Å². The molecule has 0 spiro atoms. The SMILES string of the molecule is OC(c1ccc(Cl)c(Cl)c1)c1cc(Br)cc2c1OCC2. The number of aliphatic hydroxyl groups excluding tert-OH is 1. The van der Waals surface area contributed by atoms with Crippen LogP contribution in [0.4, 0.5) is 0 Å². The van der Waals surface area contributed by atoms with Gasteiger partial charge in [-0.3, -0.25) is 0 Å². The molecule has 2 aromatic rings. The number of hydrogen-bond acceptors (Lipinski definition) is 2. The van der Waals surface area contributed by atoms with Crippen molar-refractivity contribution in [2.75, 3.05) is 6.61 Å². The summed E-state index contributed by atoms with van der Waals surface area (Å²) in [6.45, 7) is 0.646. The van der Waals surface area contributed by atoms with E-state index in [4.69, 9.17) is 27.9 Å². The van der Waals surface area contributed by atoms with Crippen molar-refractivity contribution in [2.24, 2.45) is 0 Å².